The molecule has 0 aliphatic rings. The molecule has 0 saturated heterocycles. The Morgan fingerprint density at radius 1 is 0.452 bits per heavy atom. The highest BCUT2D eigenvalue weighted by Crippen LogP contribution is 2.25. The number of rotatable bonds is 6. The molecular formula is C16H5F10NO2S2. The van der Waals surface area contributed by atoms with Gasteiger partial charge < -0.3 is 9.11 Å². The van der Waals surface area contributed by atoms with Gasteiger partial charge in [0.1, 0.15) is 33.5 Å². The lowest BCUT2D eigenvalue weighted by atomic mass is 10.1. The summed E-state index contributed by atoms with van der Waals surface area (Å²) < 4.78 is 157. The van der Waals surface area contributed by atoms with Crippen LogP contribution in [0.4, 0.5) is 43.9 Å². The summed E-state index contributed by atoms with van der Waals surface area (Å²) in [5.41, 5.74) is -2.93. The number of hydrogen-bond donors (Lipinski definition) is 1. The lowest BCUT2D eigenvalue weighted by Gasteiger charge is -2.08. The smallest absolute Gasteiger partial charge is 0.200 e. The highest BCUT2D eigenvalue weighted by molar-refractivity contribution is 8.07. The third-order valence-corrected chi connectivity index (χ3v) is 5.45. The molecule has 2 aromatic carbocycles. The zero-order valence-electron chi connectivity index (χ0n) is 14.2. The van der Waals surface area contributed by atoms with Crippen LogP contribution in [0, 0.1) is 58.2 Å². The Bertz CT molecular complexity index is 938. The number of benzene rings is 2. The Kier molecular flexibility index (Phi) is 8.04. The summed E-state index contributed by atoms with van der Waals surface area (Å²) in [5.74, 6) is -22.9. The van der Waals surface area contributed by atoms with Crippen molar-refractivity contribution >= 4 is 34.9 Å². The molecule has 0 aliphatic carbocycles. The van der Waals surface area contributed by atoms with Crippen molar-refractivity contribution in [2.75, 3.05) is 0 Å². The number of nitrogens with one attached hydrogen (secondary N) is 1. The first-order chi connectivity index (χ1) is 14.4. The largest absolute Gasteiger partial charge is 0.590 e. The highest BCUT2D eigenvalue weighted by Gasteiger charge is 2.26. The van der Waals surface area contributed by atoms with E-state index in [1.54, 1.807) is 4.13 Å². The molecule has 15 heteroatoms. The van der Waals surface area contributed by atoms with Crippen molar-refractivity contribution in [3.63, 3.8) is 0 Å². The van der Waals surface area contributed by atoms with Gasteiger partial charge in [-0.1, -0.05) is 0 Å². The van der Waals surface area contributed by atoms with Gasteiger partial charge in [0.25, 0.3) is 0 Å². The van der Waals surface area contributed by atoms with E-state index in [1.807, 2.05) is 0 Å². The van der Waals surface area contributed by atoms with Crippen LogP contribution < -0.4 is 4.13 Å². The second-order valence-electron chi connectivity index (χ2n) is 5.25. The molecule has 0 aromatic heterocycles. The van der Waals surface area contributed by atoms with E-state index >= 15 is 0 Å². The van der Waals surface area contributed by atoms with Crippen molar-refractivity contribution in [1.29, 1.82) is 0 Å². The fourth-order valence-corrected chi connectivity index (χ4v) is 3.54. The summed E-state index contributed by atoms with van der Waals surface area (Å²) in [6.07, 6.45) is 0.425. The Morgan fingerprint density at radius 2 is 0.677 bits per heavy atom. The van der Waals surface area contributed by atoms with Gasteiger partial charge >= 0.3 is 0 Å². The van der Waals surface area contributed by atoms with E-state index in [2.05, 4.69) is 0 Å². The quantitative estimate of drug-likeness (QED) is 0.274. The van der Waals surface area contributed by atoms with E-state index in [1.165, 1.54) is 0 Å². The van der Waals surface area contributed by atoms with Gasteiger partial charge in [0.15, 0.2) is 46.5 Å². The third-order valence-electron chi connectivity index (χ3n) is 3.37. The van der Waals surface area contributed by atoms with Gasteiger partial charge in [-0.25, -0.2) is 43.9 Å². The summed E-state index contributed by atoms with van der Waals surface area (Å²) in [4.78, 5) is 0. The molecule has 0 fully saturated rings. The maximum Gasteiger partial charge on any atom is 0.200 e. The fourth-order valence-electron chi connectivity index (χ4n) is 1.93. The minimum atomic E-state index is -2.62. The predicted octanol–water partition coefficient (Wildman–Crippen LogP) is 4.64. The first-order valence-electron chi connectivity index (χ1n) is 7.35. The van der Waals surface area contributed by atoms with Crippen LogP contribution in [0.15, 0.2) is 10.8 Å². The van der Waals surface area contributed by atoms with Crippen molar-refractivity contribution in [2.45, 2.75) is 0 Å². The topological polar surface area (TPSA) is 58.1 Å². The van der Waals surface area contributed by atoms with E-state index < -0.39 is 92.0 Å². The molecule has 0 bridgehead atoms. The first-order valence-corrected chi connectivity index (χ1v) is 9.77. The summed E-state index contributed by atoms with van der Waals surface area (Å²) in [5, 5.41) is 0.644. The van der Waals surface area contributed by atoms with Crippen LogP contribution >= 0.6 is 0 Å². The zero-order valence-corrected chi connectivity index (χ0v) is 15.9. The van der Waals surface area contributed by atoms with E-state index in [0.717, 1.165) is 0 Å². The normalized spacial score (nSPS) is 14.1. The van der Waals surface area contributed by atoms with Crippen LogP contribution in [0.25, 0.3) is 12.2 Å². The lowest BCUT2D eigenvalue weighted by Crippen LogP contribution is -2.27. The number of hydrogen-bond acceptors (Lipinski definition) is 3. The highest BCUT2D eigenvalue weighted by atomic mass is 32.3. The van der Waals surface area contributed by atoms with Crippen LogP contribution in [-0.2, 0) is 22.7 Å². The first kappa shape index (κ1) is 25.1. The third kappa shape index (κ3) is 5.17. The van der Waals surface area contributed by atoms with Gasteiger partial charge in [-0.15, -0.1) is 0 Å². The lowest BCUT2D eigenvalue weighted by molar-refractivity contribution is 0.377. The van der Waals surface area contributed by atoms with Crippen molar-refractivity contribution < 1.29 is 53.0 Å². The van der Waals surface area contributed by atoms with Gasteiger partial charge in [0.2, 0.25) is 11.6 Å². The molecule has 0 spiro atoms. The molecule has 2 atom stereocenters. The van der Waals surface area contributed by atoms with Crippen LogP contribution in [-0.4, -0.2) is 9.11 Å². The van der Waals surface area contributed by atoms with E-state index in [4.69, 9.17) is 0 Å². The maximum absolute atomic E-state index is 13.5. The molecule has 2 unspecified atom stereocenters. The van der Waals surface area contributed by atoms with Crippen molar-refractivity contribution in [2.24, 2.45) is 0 Å². The second kappa shape index (κ2) is 9.95. The summed E-state index contributed by atoms with van der Waals surface area (Å²) in [6, 6.07) is 0. The summed E-state index contributed by atoms with van der Waals surface area (Å²) >= 11 is -5.23. The van der Waals surface area contributed by atoms with Crippen LogP contribution in [0.5, 0.6) is 0 Å². The number of halogens is 10. The van der Waals surface area contributed by atoms with Gasteiger partial charge in [0.05, 0.1) is 11.1 Å². The predicted molar refractivity (Wildman–Crippen MR) is 90.0 cm³/mol. The van der Waals surface area contributed by atoms with E-state index in [-0.39, 0.29) is 12.2 Å². The van der Waals surface area contributed by atoms with Crippen LogP contribution in [0.1, 0.15) is 11.1 Å². The van der Waals surface area contributed by atoms with E-state index in [9.17, 15) is 53.0 Å². The van der Waals surface area contributed by atoms with Crippen molar-refractivity contribution in [1.82, 2.24) is 4.13 Å². The Balaban J connectivity index is 2.17. The molecule has 31 heavy (non-hydrogen) atoms. The minimum absolute atomic E-state index is 0.213. The average molecular weight is 497 g/mol. The van der Waals surface area contributed by atoms with Gasteiger partial charge in [-0.2, -0.15) is 0 Å². The van der Waals surface area contributed by atoms with E-state index in [0.29, 0.717) is 10.8 Å². The van der Waals surface area contributed by atoms with Crippen LogP contribution in [0.3, 0.4) is 0 Å². The Labute approximate surface area is 172 Å². The minimum Gasteiger partial charge on any atom is -0.590 e. The molecular weight excluding hydrogens is 492 g/mol. The standard InChI is InChI=1S/C16H5F10NO2S2/c17-7-5(8(18)12(22)15(25)11(7)21)1-3-30(28)27-31(29)4-2-6-9(19)13(23)16(26)14(24)10(6)20/h1-4,27H/b3-1-,4-2+. The monoisotopic (exact) mass is 497 g/mol. The molecule has 168 valence electrons. The molecule has 2 aromatic rings. The molecule has 0 radical (unpaired) electrons. The molecule has 1 N–H and O–H groups in total. The van der Waals surface area contributed by atoms with Gasteiger partial charge in [-0.05, 0) is 0 Å². The van der Waals surface area contributed by atoms with Crippen LogP contribution in [0.2, 0.25) is 0 Å². The molecule has 0 heterocycles. The zero-order chi connectivity index (χ0) is 23.6. The molecule has 0 saturated carbocycles. The second-order valence-corrected chi connectivity index (χ2v) is 7.65. The maximum atomic E-state index is 13.5. The molecule has 0 amide bonds. The Morgan fingerprint density at radius 3 is 0.935 bits per heavy atom. The molecule has 3 nitrogen and oxygen atoms in total. The molecule has 0 aliphatic heterocycles. The SMILES string of the molecule is [O-][S+](/C=C\c1c(F)c(F)c(F)c(F)c1F)N[S+]([O-])/C=C/c1c(F)c(F)c(F)c(F)c1F. The Hall–Kier alpha value is -2.20. The fraction of sp³-hybridized carbons (Fsp3) is 0. The van der Waals surface area contributed by atoms with Gasteiger partial charge in [0, 0.05) is 16.3 Å². The van der Waals surface area contributed by atoms with Crippen molar-refractivity contribution in [3.05, 3.63) is 80.1 Å². The summed E-state index contributed by atoms with van der Waals surface area (Å²) in [6.45, 7) is 0. The average Bonchev–Trinajstić information content (AvgIpc) is 2.73. The van der Waals surface area contributed by atoms with Gasteiger partial charge in [-0.3, -0.25) is 0 Å². The summed E-state index contributed by atoms with van der Waals surface area (Å²) in [7, 11) is 0. The van der Waals surface area contributed by atoms with Crippen molar-refractivity contribution in [3.8, 4) is 0 Å². The molecule has 2 rings (SSSR count).